The molecule has 1 aliphatic heterocycles. The second-order valence-electron chi connectivity index (χ2n) is 8.23. The fourth-order valence-corrected chi connectivity index (χ4v) is 4.43. The minimum Gasteiger partial charge on any atom is -0.420 e. The Labute approximate surface area is 194 Å². The number of pyridine rings is 1. The van der Waals surface area contributed by atoms with E-state index in [0.717, 1.165) is 12.1 Å². The molecule has 3 heterocycles. The number of aryl methyl sites for hydroxylation is 1. The first kappa shape index (κ1) is 22.9. The lowest BCUT2D eigenvalue weighted by Gasteiger charge is -2.41. The van der Waals surface area contributed by atoms with Gasteiger partial charge in [-0.1, -0.05) is 25.7 Å². The second kappa shape index (κ2) is 8.27. The van der Waals surface area contributed by atoms with Crippen LogP contribution in [0.25, 0.3) is 0 Å². The highest BCUT2D eigenvalue weighted by Crippen LogP contribution is 2.53. The molecular formula is C25H20F3N5O. The zero-order valence-electron chi connectivity index (χ0n) is 18.6. The first-order valence-corrected chi connectivity index (χ1v) is 10.4. The number of nitrogens with one attached hydrogen (secondary N) is 1. The molecule has 0 radical (unpaired) electrons. The molecule has 0 saturated heterocycles. The highest BCUT2D eigenvalue weighted by Gasteiger charge is 2.51. The summed E-state index contributed by atoms with van der Waals surface area (Å²) in [6.07, 6.45) is -1.54. The Morgan fingerprint density at radius 1 is 1.12 bits per heavy atom. The van der Waals surface area contributed by atoms with E-state index in [4.69, 9.17) is 10.5 Å². The van der Waals surface area contributed by atoms with Crippen molar-refractivity contribution in [2.75, 3.05) is 0 Å². The number of aromatic amines is 1. The van der Waals surface area contributed by atoms with E-state index in [1.165, 1.54) is 0 Å². The van der Waals surface area contributed by atoms with Crippen molar-refractivity contribution >= 4 is 0 Å². The van der Waals surface area contributed by atoms with Crippen molar-refractivity contribution in [3.8, 4) is 23.8 Å². The summed E-state index contributed by atoms with van der Waals surface area (Å²) in [6.45, 7) is 5.35. The number of fused-ring (bicyclic) bond motifs is 1. The van der Waals surface area contributed by atoms with E-state index in [2.05, 4.69) is 33.1 Å². The van der Waals surface area contributed by atoms with Crippen LogP contribution in [-0.2, 0) is 11.6 Å². The number of aromatic nitrogens is 3. The van der Waals surface area contributed by atoms with Crippen molar-refractivity contribution in [2.24, 2.45) is 11.7 Å². The number of H-pyrrole nitrogens is 1. The molecule has 0 spiro atoms. The number of benzene rings is 1. The molecule has 3 N–H and O–H groups in total. The van der Waals surface area contributed by atoms with E-state index >= 15 is 0 Å². The normalized spacial score (nSPS) is 17.5. The maximum atomic E-state index is 14.0. The van der Waals surface area contributed by atoms with Crippen molar-refractivity contribution in [2.45, 2.75) is 32.4 Å². The SMILES string of the molecule is Cc1[nH]nc2c1C(c1cc(C#Cc3ccncc3)cc(C(F)(F)F)c1)(C(C)C)C(C#N)=C(N)O2. The second-order valence-corrected chi connectivity index (χ2v) is 8.23. The molecule has 1 unspecified atom stereocenters. The first-order chi connectivity index (χ1) is 16.1. The molecule has 0 fully saturated rings. The summed E-state index contributed by atoms with van der Waals surface area (Å²) < 4.78 is 47.5. The number of allylic oxidation sites excluding steroid dienone is 1. The smallest absolute Gasteiger partial charge is 0.416 e. The summed E-state index contributed by atoms with van der Waals surface area (Å²) in [6, 6.07) is 9.01. The zero-order valence-corrected chi connectivity index (χ0v) is 18.6. The topological polar surface area (TPSA) is 101 Å². The van der Waals surface area contributed by atoms with Crippen molar-refractivity contribution in [3.63, 3.8) is 0 Å². The van der Waals surface area contributed by atoms with E-state index in [1.54, 1.807) is 37.5 Å². The van der Waals surface area contributed by atoms with Crippen LogP contribution in [0.5, 0.6) is 5.88 Å². The van der Waals surface area contributed by atoms with Crippen LogP contribution < -0.4 is 10.5 Å². The van der Waals surface area contributed by atoms with E-state index in [9.17, 15) is 18.4 Å². The molecule has 9 heteroatoms. The highest BCUT2D eigenvalue weighted by molar-refractivity contribution is 5.63. The van der Waals surface area contributed by atoms with Gasteiger partial charge in [0.05, 0.1) is 16.5 Å². The number of rotatable bonds is 2. The van der Waals surface area contributed by atoms with Crippen LogP contribution in [0.2, 0.25) is 0 Å². The monoisotopic (exact) mass is 463 g/mol. The van der Waals surface area contributed by atoms with E-state index < -0.39 is 17.2 Å². The van der Waals surface area contributed by atoms with E-state index in [-0.39, 0.29) is 34.4 Å². The largest absolute Gasteiger partial charge is 0.420 e. The molecule has 1 aliphatic rings. The number of ether oxygens (including phenoxy) is 1. The molecule has 0 aliphatic carbocycles. The quantitative estimate of drug-likeness (QED) is 0.543. The lowest BCUT2D eigenvalue weighted by atomic mass is 9.61. The molecule has 4 rings (SSSR count). The average molecular weight is 463 g/mol. The van der Waals surface area contributed by atoms with Crippen LogP contribution >= 0.6 is 0 Å². The van der Waals surface area contributed by atoms with Gasteiger partial charge in [-0.05, 0) is 48.7 Å². The molecule has 1 atom stereocenters. The molecule has 2 aromatic heterocycles. The van der Waals surface area contributed by atoms with Crippen molar-refractivity contribution in [1.29, 1.82) is 5.26 Å². The Morgan fingerprint density at radius 2 is 1.79 bits per heavy atom. The molecule has 6 nitrogen and oxygen atoms in total. The Bertz CT molecular complexity index is 1390. The molecule has 0 amide bonds. The Hall–Kier alpha value is -4.24. The van der Waals surface area contributed by atoms with Gasteiger partial charge in [-0.15, -0.1) is 5.10 Å². The summed E-state index contributed by atoms with van der Waals surface area (Å²) in [5, 5.41) is 17.0. The predicted molar refractivity (Wildman–Crippen MR) is 118 cm³/mol. The average Bonchev–Trinajstić information content (AvgIpc) is 3.16. The van der Waals surface area contributed by atoms with Crippen LogP contribution in [-0.4, -0.2) is 15.2 Å². The highest BCUT2D eigenvalue weighted by atomic mass is 19.4. The fraction of sp³-hybridized carbons (Fsp3) is 0.240. The molecule has 34 heavy (non-hydrogen) atoms. The van der Waals surface area contributed by atoms with Gasteiger partial charge >= 0.3 is 6.18 Å². The molecular weight excluding hydrogens is 443 g/mol. The number of hydrogen-bond acceptors (Lipinski definition) is 5. The lowest BCUT2D eigenvalue weighted by Crippen LogP contribution is -2.41. The van der Waals surface area contributed by atoms with Gasteiger partial charge in [0.15, 0.2) is 0 Å². The first-order valence-electron chi connectivity index (χ1n) is 10.4. The summed E-state index contributed by atoms with van der Waals surface area (Å²) in [5.41, 5.74) is 5.90. The lowest BCUT2D eigenvalue weighted by molar-refractivity contribution is -0.137. The fourth-order valence-electron chi connectivity index (χ4n) is 4.43. The van der Waals surface area contributed by atoms with Crippen molar-refractivity contribution in [3.05, 3.63) is 87.7 Å². The third kappa shape index (κ3) is 3.65. The van der Waals surface area contributed by atoms with Gasteiger partial charge in [-0.3, -0.25) is 10.1 Å². The van der Waals surface area contributed by atoms with Gasteiger partial charge in [0, 0.05) is 29.2 Å². The standard InChI is InChI=1S/C25H20F3N5O/c1-14(2)24(20(13-29)22(30)34-23-21(24)15(3)32-33-23)18-10-17(11-19(12-18)25(26,27)28)5-4-16-6-8-31-9-7-16/h6-12,14H,30H2,1-3H3,(H,32,33). The van der Waals surface area contributed by atoms with Gasteiger partial charge in [-0.25, -0.2) is 0 Å². The maximum absolute atomic E-state index is 14.0. The van der Waals surface area contributed by atoms with Gasteiger partial charge in [-0.2, -0.15) is 18.4 Å². The third-order valence-corrected chi connectivity index (χ3v) is 5.88. The van der Waals surface area contributed by atoms with Crippen LogP contribution in [0, 0.1) is 36.0 Å². The van der Waals surface area contributed by atoms with Crippen LogP contribution in [0.1, 0.15) is 47.4 Å². The van der Waals surface area contributed by atoms with Gasteiger partial charge in [0.2, 0.25) is 11.8 Å². The Morgan fingerprint density at radius 3 is 2.41 bits per heavy atom. The summed E-state index contributed by atoms with van der Waals surface area (Å²) in [5.74, 6) is 5.24. The van der Waals surface area contributed by atoms with Crippen molar-refractivity contribution in [1.82, 2.24) is 15.2 Å². The third-order valence-electron chi connectivity index (χ3n) is 5.88. The van der Waals surface area contributed by atoms with Gasteiger partial charge < -0.3 is 10.5 Å². The number of hydrogen-bond donors (Lipinski definition) is 2. The number of halogens is 3. The molecule has 172 valence electrons. The van der Waals surface area contributed by atoms with Crippen LogP contribution in [0.15, 0.2) is 54.2 Å². The number of nitrogens with zero attached hydrogens (tertiary/aromatic N) is 3. The maximum Gasteiger partial charge on any atom is 0.416 e. The molecule has 0 bridgehead atoms. The molecule has 3 aromatic rings. The van der Waals surface area contributed by atoms with Gasteiger partial charge in [0.25, 0.3) is 0 Å². The Balaban J connectivity index is 2.06. The number of alkyl halides is 3. The van der Waals surface area contributed by atoms with E-state index in [1.807, 2.05) is 13.8 Å². The summed E-state index contributed by atoms with van der Waals surface area (Å²) >= 11 is 0. The minimum absolute atomic E-state index is 0.0202. The van der Waals surface area contributed by atoms with Crippen molar-refractivity contribution < 1.29 is 17.9 Å². The van der Waals surface area contributed by atoms with E-state index in [0.29, 0.717) is 16.8 Å². The number of nitrogens with two attached hydrogens (primary N) is 1. The summed E-state index contributed by atoms with van der Waals surface area (Å²) in [4.78, 5) is 3.92. The van der Waals surface area contributed by atoms with Crippen LogP contribution in [0.3, 0.4) is 0 Å². The molecule has 0 saturated carbocycles. The minimum atomic E-state index is -4.64. The van der Waals surface area contributed by atoms with Crippen LogP contribution in [0.4, 0.5) is 13.2 Å². The number of nitriles is 1. The Kier molecular flexibility index (Phi) is 5.58. The predicted octanol–water partition coefficient (Wildman–Crippen LogP) is 4.56. The van der Waals surface area contributed by atoms with Gasteiger partial charge in [0.1, 0.15) is 11.6 Å². The summed E-state index contributed by atoms with van der Waals surface area (Å²) in [7, 11) is 0. The molecule has 1 aromatic carbocycles. The zero-order chi connectivity index (χ0) is 24.7.